The van der Waals surface area contributed by atoms with E-state index >= 15 is 0 Å². The molecule has 2 fully saturated rings. The summed E-state index contributed by atoms with van der Waals surface area (Å²) in [5, 5.41) is 0. The van der Waals surface area contributed by atoms with Crippen molar-refractivity contribution in [1.82, 2.24) is 4.90 Å². The minimum atomic E-state index is -0.165. The predicted molar refractivity (Wildman–Crippen MR) is 107 cm³/mol. The number of carbonyl (C=O) groups is 1. The number of thioether (sulfide) groups is 1. The molecule has 1 aromatic carbocycles. The molecule has 3 heteroatoms. The van der Waals surface area contributed by atoms with E-state index in [1.807, 2.05) is 6.07 Å². The maximum Gasteiger partial charge on any atom is 0.239 e. The molecule has 4 aliphatic rings. The maximum atomic E-state index is 13.2. The minimum Gasteiger partial charge on any atom is -0.341 e. The Balaban J connectivity index is 1.22. The molecule has 2 nitrogen and oxygen atoms in total. The lowest BCUT2D eigenvalue weighted by molar-refractivity contribution is -0.133. The third kappa shape index (κ3) is 2.94. The summed E-state index contributed by atoms with van der Waals surface area (Å²) in [6.45, 7) is 1.92. The Labute approximate surface area is 160 Å². The molecule has 0 atom stereocenters. The van der Waals surface area contributed by atoms with Crippen molar-refractivity contribution >= 4 is 17.7 Å². The summed E-state index contributed by atoms with van der Waals surface area (Å²) in [5.74, 6) is 0.400. The highest BCUT2D eigenvalue weighted by Crippen LogP contribution is 2.55. The summed E-state index contributed by atoms with van der Waals surface area (Å²) >= 11 is 1.79. The zero-order chi connectivity index (χ0) is 17.6. The zero-order valence-electron chi connectivity index (χ0n) is 15.4. The van der Waals surface area contributed by atoms with Crippen LogP contribution in [0.25, 0.3) is 0 Å². The molecule has 1 aromatic rings. The number of hydrogen-bond donors (Lipinski definition) is 0. The predicted octanol–water partition coefficient (Wildman–Crippen LogP) is 5.36. The molecule has 1 saturated heterocycles. The molecule has 1 aliphatic heterocycles. The van der Waals surface area contributed by atoms with E-state index in [0.29, 0.717) is 11.3 Å². The van der Waals surface area contributed by atoms with Crippen LogP contribution in [-0.4, -0.2) is 28.6 Å². The van der Waals surface area contributed by atoms with Gasteiger partial charge in [0.2, 0.25) is 5.91 Å². The summed E-state index contributed by atoms with van der Waals surface area (Å²) in [5.41, 5.74) is 3.79. The van der Waals surface area contributed by atoms with Crippen molar-refractivity contribution in [2.45, 2.75) is 61.0 Å². The standard InChI is InChI=1S/C23H27NOS/c25-21(23(10-11-23)26-20-8-2-1-3-9-20)24-14-12-22(13-15-24)16-18-6-4-5-7-19(18)17-22/h1-4,6,8-9H,5,7,10-17H2. The minimum absolute atomic E-state index is 0.165. The van der Waals surface area contributed by atoms with E-state index in [2.05, 4.69) is 41.3 Å². The lowest BCUT2D eigenvalue weighted by Crippen LogP contribution is -2.46. The summed E-state index contributed by atoms with van der Waals surface area (Å²) in [6, 6.07) is 10.4. The van der Waals surface area contributed by atoms with Crippen LogP contribution in [0.5, 0.6) is 0 Å². The second-order valence-corrected chi connectivity index (χ2v) is 10.1. The average molecular weight is 366 g/mol. The van der Waals surface area contributed by atoms with Crippen LogP contribution in [-0.2, 0) is 4.79 Å². The van der Waals surface area contributed by atoms with Gasteiger partial charge in [-0.05, 0) is 74.5 Å². The highest BCUT2D eigenvalue weighted by atomic mass is 32.2. The van der Waals surface area contributed by atoms with Crippen molar-refractivity contribution in [1.29, 1.82) is 0 Å². The lowest BCUT2D eigenvalue weighted by Gasteiger charge is -2.41. The van der Waals surface area contributed by atoms with Crippen molar-refractivity contribution in [3.63, 3.8) is 0 Å². The van der Waals surface area contributed by atoms with Gasteiger partial charge in [-0.3, -0.25) is 4.79 Å². The van der Waals surface area contributed by atoms with Crippen molar-refractivity contribution < 1.29 is 4.79 Å². The molecule has 136 valence electrons. The summed E-state index contributed by atoms with van der Waals surface area (Å²) in [7, 11) is 0. The Hall–Kier alpha value is -1.48. The van der Waals surface area contributed by atoms with E-state index in [0.717, 1.165) is 25.9 Å². The van der Waals surface area contributed by atoms with Crippen LogP contribution >= 0.6 is 11.8 Å². The monoisotopic (exact) mass is 365 g/mol. The van der Waals surface area contributed by atoms with Gasteiger partial charge in [-0.25, -0.2) is 0 Å². The highest BCUT2D eigenvalue weighted by molar-refractivity contribution is 8.01. The van der Waals surface area contributed by atoms with Gasteiger partial charge < -0.3 is 4.90 Å². The van der Waals surface area contributed by atoms with E-state index in [1.54, 1.807) is 22.9 Å². The molecule has 0 unspecified atom stereocenters. The quantitative estimate of drug-likeness (QED) is 0.718. The zero-order valence-corrected chi connectivity index (χ0v) is 16.2. The number of rotatable bonds is 3. The van der Waals surface area contributed by atoms with E-state index in [1.165, 1.54) is 43.4 Å². The fraction of sp³-hybridized carbons (Fsp3) is 0.522. The first-order valence-electron chi connectivity index (χ1n) is 10.1. The van der Waals surface area contributed by atoms with Gasteiger partial charge in [-0.2, -0.15) is 0 Å². The molecule has 0 aromatic heterocycles. The smallest absolute Gasteiger partial charge is 0.239 e. The molecule has 1 amide bonds. The van der Waals surface area contributed by atoms with Crippen LogP contribution in [0.2, 0.25) is 0 Å². The first kappa shape index (κ1) is 16.7. The normalized spacial score (nSPS) is 25.5. The molecule has 5 rings (SSSR count). The van der Waals surface area contributed by atoms with Crippen LogP contribution in [0.1, 0.15) is 51.4 Å². The van der Waals surface area contributed by atoms with Crippen LogP contribution in [0.15, 0.2) is 58.5 Å². The Bertz CT molecular complexity index is 767. The molecule has 1 spiro atoms. The molecule has 0 bridgehead atoms. The number of piperidine rings is 1. The van der Waals surface area contributed by atoms with Gasteiger partial charge in [0, 0.05) is 18.0 Å². The molecule has 3 aliphatic carbocycles. The fourth-order valence-electron chi connectivity index (χ4n) is 5.08. The number of carbonyl (C=O) groups excluding carboxylic acids is 1. The number of nitrogens with zero attached hydrogens (tertiary/aromatic N) is 1. The molecule has 1 heterocycles. The number of amides is 1. The number of hydrogen-bond acceptors (Lipinski definition) is 2. The van der Waals surface area contributed by atoms with Crippen molar-refractivity contribution in [2.24, 2.45) is 5.41 Å². The molecule has 0 radical (unpaired) electrons. The number of benzene rings is 1. The lowest BCUT2D eigenvalue weighted by atomic mass is 9.75. The van der Waals surface area contributed by atoms with Gasteiger partial charge in [0.15, 0.2) is 0 Å². The fourth-order valence-corrected chi connectivity index (χ4v) is 6.35. The Morgan fingerprint density at radius 1 is 1.00 bits per heavy atom. The van der Waals surface area contributed by atoms with Crippen molar-refractivity contribution in [3.05, 3.63) is 53.6 Å². The average Bonchev–Trinajstić information content (AvgIpc) is 3.36. The van der Waals surface area contributed by atoms with Crippen LogP contribution in [0, 0.1) is 5.41 Å². The Morgan fingerprint density at radius 3 is 2.46 bits per heavy atom. The number of likely N-dealkylation sites (tertiary alicyclic amines) is 1. The van der Waals surface area contributed by atoms with Crippen LogP contribution < -0.4 is 0 Å². The van der Waals surface area contributed by atoms with Gasteiger partial charge in [0.25, 0.3) is 0 Å². The number of allylic oxidation sites excluding steroid dienone is 4. The topological polar surface area (TPSA) is 20.3 Å². The second-order valence-electron chi connectivity index (χ2n) is 8.62. The van der Waals surface area contributed by atoms with Gasteiger partial charge in [0.1, 0.15) is 0 Å². The Morgan fingerprint density at radius 2 is 1.77 bits per heavy atom. The first-order chi connectivity index (χ1) is 12.7. The second kappa shape index (κ2) is 6.30. The summed E-state index contributed by atoms with van der Waals surface area (Å²) in [6.07, 6.45) is 14.2. The van der Waals surface area contributed by atoms with E-state index in [-0.39, 0.29) is 4.75 Å². The first-order valence-corrected chi connectivity index (χ1v) is 10.9. The van der Waals surface area contributed by atoms with Gasteiger partial charge >= 0.3 is 0 Å². The largest absolute Gasteiger partial charge is 0.341 e. The highest BCUT2D eigenvalue weighted by Gasteiger charge is 2.54. The van der Waals surface area contributed by atoms with E-state index in [9.17, 15) is 4.79 Å². The van der Waals surface area contributed by atoms with Gasteiger partial charge in [-0.1, -0.05) is 35.9 Å². The third-order valence-electron chi connectivity index (χ3n) is 6.80. The molecular formula is C23H27NOS. The van der Waals surface area contributed by atoms with Crippen molar-refractivity contribution in [3.8, 4) is 0 Å². The van der Waals surface area contributed by atoms with E-state index in [4.69, 9.17) is 0 Å². The maximum absolute atomic E-state index is 13.2. The summed E-state index contributed by atoms with van der Waals surface area (Å²) < 4.78 is -0.165. The SMILES string of the molecule is O=C(N1CCC2(CC1)CC1=C(CCC=C1)C2)C1(Sc2ccccc2)CC1. The molecular weight excluding hydrogens is 338 g/mol. The van der Waals surface area contributed by atoms with Gasteiger partial charge in [0.05, 0.1) is 4.75 Å². The summed E-state index contributed by atoms with van der Waals surface area (Å²) in [4.78, 5) is 16.6. The molecule has 1 saturated carbocycles. The van der Waals surface area contributed by atoms with Crippen LogP contribution in [0.3, 0.4) is 0 Å². The Kier molecular flexibility index (Phi) is 4.04. The molecule has 0 N–H and O–H groups in total. The third-order valence-corrected chi connectivity index (χ3v) is 8.28. The van der Waals surface area contributed by atoms with Gasteiger partial charge in [-0.15, -0.1) is 11.8 Å². The van der Waals surface area contributed by atoms with Crippen LogP contribution in [0.4, 0.5) is 0 Å². The van der Waals surface area contributed by atoms with E-state index < -0.39 is 0 Å². The van der Waals surface area contributed by atoms with Crippen molar-refractivity contribution in [2.75, 3.05) is 13.1 Å². The molecule has 26 heavy (non-hydrogen) atoms.